The molecular weight excluding hydrogens is 362 g/mol. The van der Waals surface area contributed by atoms with Gasteiger partial charge in [-0.25, -0.2) is 0 Å². The van der Waals surface area contributed by atoms with Crippen molar-refractivity contribution in [2.75, 3.05) is 27.4 Å². The number of carbonyl (C=O) groups excluding carboxylic acids is 2. The Balaban J connectivity index is 2.10. The molecule has 7 heteroatoms. The monoisotopic (exact) mass is 385 g/mol. The summed E-state index contributed by atoms with van der Waals surface area (Å²) in [6, 6.07) is 9.38. The van der Waals surface area contributed by atoms with Crippen molar-refractivity contribution in [2.24, 2.45) is 0 Å². The fourth-order valence-electron chi connectivity index (χ4n) is 3.31. The maximum Gasteiger partial charge on any atom is 0.295 e. The van der Waals surface area contributed by atoms with Crippen molar-refractivity contribution in [1.82, 2.24) is 4.90 Å². The lowest BCUT2D eigenvalue weighted by Crippen LogP contribution is -2.31. The van der Waals surface area contributed by atoms with Gasteiger partial charge in [-0.15, -0.1) is 0 Å². The van der Waals surface area contributed by atoms with Crippen LogP contribution in [0.2, 0.25) is 0 Å². The molecule has 148 valence electrons. The fraction of sp³-hybridized carbons (Fsp3) is 0.333. The first kappa shape index (κ1) is 19.7. The molecule has 1 unspecified atom stereocenters. The highest BCUT2D eigenvalue weighted by Gasteiger charge is 2.47. The Bertz CT molecular complexity index is 913. The van der Waals surface area contributed by atoms with Crippen LogP contribution in [-0.2, 0) is 14.3 Å². The minimum atomic E-state index is -0.795. The molecule has 1 aliphatic heterocycles. The molecule has 0 aliphatic carbocycles. The van der Waals surface area contributed by atoms with E-state index in [1.165, 1.54) is 12.0 Å². The van der Waals surface area contributed by atoms with E-state index < -0.39 is 17.7 Å². The van der Waals surface area contributed by atoms with Gasteiger partial charge in [0.2, 0.25) is 0 Å². The van der Waals surface area contributed by atoms with Gasteiger partial charge < -0.3 is 23.9 Å². The summed E-state index contributed by atoms with van der Waals surface area (Å²) < 4.78 is 16.0. The lowest BCUT2D eigenvalue weighted by molar-refractivity contribution is -0.140. The summed E-state index contributed by atoms with van der Waals surface area (Å²) in [4.78, 5) is 26.9. The summed E-state index contributed by atoms with van der Waals surface area (Å²) in [6.07, 6.45) is 0.554. The van der Waals surface area contributed by atoms with E-state index in [0.29, 0.717) is 42.4 Å². The molecule has 1 fully saturated rings. The van der Waals surface area contributed by atoms with Gasteiger partial charge in [0.05, 0.1) is 12.7 Å². The Morgan fingerprint density at radius 2 is 2.00 bits per heavy atom. The quantitative estimate of drug-likeness (QED) is 0.341. The van der Waals surface area contributed by atoms with E-state index in [-0.39, 0.29) is 11.3 Å². The number of aliphatic hydroxyl groups excluding tert-OH is 1. The number of amides is 1. The SMILES string of the molecule is COCCCN1C(=O)C(=O)/C(=C(/O)c2cccc(OC)c2)C1c1ccc(C)o1. The van der Waals surface area contributed by atoms with Crippen LogP contribution in [0.15, 0.2) is 46.4 Å². The van der Waals surface area contributed by atoms with E-state index in [9.17, 15) is 14.7 Å². The van der Waals surface area contributed by atoms with Crippen LogP contribution in [-0.4, -0.2) is 49.1 Å². The van der Waals surface area contributed by atoms with E-state index in [1.807, 2.05) is 0 Å². The standard InChI is InChI=1S/C21H23NO6/c1-13-8-9-16(28-13)18-17(19(23)14-6-4-7-15(12-14)27-3)20(24)21(25)22(18)10-5-11-26-2/h4,6-9,12,18,23H,5,10-11H2,1-3H3/b19-17+. The van der Waals surface area contributed by atoms with Gasteiger partial charge in [-0.2, -0.15) is 0 Å². The van der Waals surface area contributed by atoms with Crippen LogP contribution < -0.4 is 4.74 Å². The molecule has 7 nitrogen and oxygen atoms in total. The average molecular weight is 385 g/mol. The lowest BCUT2D eigenvalue weighted by atomic mass is 9.99. The number of furan rings is 1. The normalized spacial score (nSPS) is 18.7. The number of carbonyl (C=O) groups is 2. The van der Waals surface area contributed by atoms with Crippen molar-refractivity contribution in [1.29, 1.82) is 0 Å². The van der Waals surface area contributed by atoms with Gasteiger partial charge in [0.15, 0.2) is 0 Å². The molecule has 1 N–H and O–H groups in total. The first-order chi connectivity index (χ1) is 13.5. The predicted octanol–water partition coefficient (Wildman–Crippen LogP) is 3.05. The summed E-state index contributed by atoms with van der Waals surface area (Å²) in [5, 5.41) is 10.9. The number of likely N-dealkylation sites (tertiary alicyclic amines) is 1. The Labute approximate surface area is 163 Å². The average Bonchev–Trinajstić information content (AvgIpc) is 3.23. The molecule has 0 saturated carbocycles. The van der Waals surface area contributed by atoms with Crippen LogP contribution >= 0.6 is 0 Å². The lowest BCUT2D eigenvalue weighted by Gasteiger charge is -2.23. The maximum atomic E-state index is 12.8. The molecule has 2 aromatic rings. The molecule has 3 rings (SSSR count). The summed E-state index contributed by atoms with van der Waals surface area (Å²) >= 11 is 0. The second-order valence-electron chi connectivity index (χ2n) is 6.52. The van der Waals surface area contributed by atoms with E-state index in [0.717, 1.165) is 0 Å². The summed E-state index contributed by atoms with van der Waals surface area (Å²) in [6.45, 7) is 2.53. The van der Waals surface area contributed by atoms with Gasteiger partial charge in [0.1, 0.15) is 29.1 Å². The zero-order chi connectivity index (χ0) is 20.3. The highest BCUT2D eigenvalue weighted by Crippen LogP contribution is 2.40. The van der Waals surface area contributed by atoms with Crippen LogP contribution in [0.1, 0.15) is 29.5 Å². The van der Waals surface area contributed by atoms with Gasteiger partial charge in [-0.3, -0.25) is 9.59 Å². The molecule has 1 saturated heterocycles. The van der Waals surface area contributed by atoms with Crippen molar-refractivity contribution < 1.29 is 28.6 Å². The molecule has 1 aliphatic rings. The molecule has 0 radical (unpaired) electrons. The molecular formula is C21H23NO6. The minimum Gasteiger partial charge on any atom is -0.507 e. The number of ketones is 1. The minimum absolute atomic E-state index is 0.00465. The molecule has 0 spiro atoms. The van der Waals surface area contributed by atoms with Gasteiger partial charge in [-0.1, -0.05) is 12.1 Å². The van der Waals surface area contributed by atoms with Crippen molar-refractivity contribution in [2.45, 2.75) is 19.4 Å². The third-order valence-electron chi connectivity index (χ3n) is 4.66. The van der Waals surface area contributed by atoms with Crippen molar-refractivity contribution in [3.63, 3.8) is 0 Å². The van der Waals surface area contributed by atoms with Gasteiger partial charge >= 0.3 is 0 Å². The predicted molar refractivity (Wildman–Crippen MR) is 102 cm³/mol. The zero-order valence-corrected chi connectivity index (χ0v) is 16.1. The zero-order valence-electron chi connectivity index (χ0n) is 16.1. The molecule has 1 aromatic carbocycles. The Hall–Kier alpha value is -3.06. The van der Waals surface area contributed by atoms with E-state index in [2.05, 4.69) is 0 Å². The molecule has 1 aromatic heterocycles. The van der Waals surface area contributed by atoms with Gasteiger partial charge in [0.25, 0.3) is 11.7 Å². The van der Waals surface area contributed by atoms with E-state index in [4.69, 9.17) is 13.9 Å². The van der Waals surface area contributed by atoms with Gasteiger partial charge in [0, 0.05) is 25.8 Å². The number of ether oxygens (including phenoxy) is 2. The highest BCUT2D eigenvalue weighted by atomic mass is 16.5. The first-order valence-corrected chi connectivity index (χ1v) is 8.96. The number of methoxy groups -OCH3 is 2. The van der Waals surface area contributed by atoms with Crippen molar-refractivity contribution in [3.8, 4) is 5.75 Å². The maximum absolute atomic E-state index is 12.8. The van der Waals surface area contributed by atoms with Crippen molar-refractivity contribution in [3.05, 3.63) is 59.1 Å². The second kappa shape index (κ2) is 8.31. The Morgan fingerprint density at radius 1 is 1.21 bits per heavy atom. The number of hydrogen-bond donors (Lipinski definition) is 1. The van der Waals surface area contributed by atoms with E-state index in [1.54, 1.807) is 50.4 Å². The molecule has 28 heavy (non-hydrogen) atoms. The highest BCUT2D eigenvalue weighted by molar-refractivity contribution is 6.46. The second-order valence-corrected chi connectivity index (χ2v) is 6.52. The van der Waals surface area contributed by atoms with Crippen LogP contribution in [0, 0.1) is 6.92 Å². The molecule has 1 atom stereocenters. The summed E-state index contributed by atoms with van der Waals surface area (Å²) in [5.74, 6) is -0.0527. The molecule has 2 heterocycles. The Kier molecular flexibility index (Phi) is 5.84. The largest absolute Gasteiger partial charge is 0.507 e. The number of nitrogens with zero attached hydrogens (tertiary/aromatic N) is 1. The summed E-state index contributed by atoms with van der Waals surface area (Å²) in [7, 11) is 3.09. The smallest absolute Gasteiger partial charge is 0.295 e. The number of hydrogen-bond acceptors (Lipinski definition) is 6. The number of aliphatic hydroxyl groups is 1. The van der Waals surface area contributed by atoms with Gasteiger partial charge in [-0.05, 0) is 37.6 Å². The molecule has 0 bridgehead atoms. The first-order valence-electron chi connectivity index (χ1n) is 8.96. The topological polar surface area (TPSA) is 89.2 Å². The number of Topliss-reactive ketones (excluding diaryl/α,β-unsaturated/α-hetero) is 1. The van der Waals surface area contributed by atoms with E-state index >= 15 is 0 Å². The van der Waals surface area contributed by atoms with Crippen LogP contribution in [0.5, 0.6) is 5.75 Å². The Morgan fingerprint density at radius 3 is 2.64 bits per heavy atom. The number of aryl methyl sites for hydroxylation is 1. The van der Waals surface area contributed by atoms with Crippen LogP contribution in [0.4, 0.5) is 0 Å². The molecule has 1 amide bonds. The number of benzene rings is 1. The number of rotatable bonds is 7. The van der Waals surface area contributed by atoms with Crippen LogP contribution in [0.25, 0.3) is 5.76 Å². The third-order valence-corrected chi connectivity index (χ3v) is 4.66. The summed E-state index contributed by atoms with van der Waals surface area (Å²) in [5.41, 5.74) is 0.396. The fourth-order valence-corrected chi connectivity index (χ4v) is 3.31. The third kappa shape index (κ3) is 3.66. The van der Waals surface area contributed by atoms with Crippen molar-refractivity contribution >= 4 is 17.4 Å². The van der Waals surface area contributed by atoms with Crippen LogP contribution in [0.3, 0.4) is 0 Å².